The third-order valence-electron chi connectivity index (χ3n) is 6.79. The van der Waals surface area contributed by atoms with Crippen molar-refractivity contribution in [3.8, 4) is 0 Å². The number of piperazine rings is 1. The number of imidazole rings is 1. The molecule has 1 aromatic carbocycles. The van der Waals surface area contributed by atoms with E-state index in [0.29, 0.717) is 17.2 Å². The number of nitrogens with zero attached hydrogens (tertiary/aromatic N) is 6. The molecular weight excluding hydrogens is 542 g/mol. The lowest BCUT2D eigenvalue weighted by Crippen LogP contribution is -2.51. The average Bonchev–Trinajstić information content (AvgIpc) is 3.57. The normalized spacial score (nSPS) is 17.0. The molecule has 15 heteroatoms. The van der Waals surface area contributed by atoms with Crippen LogP contribution in [-0.2, 0) is 14.3 Å². The Morgan fingerprint density at radius 1 is 1.17 bits per heavy atom. The fourth-order valence-corrected chi connectivity index (χ4v) is 4.66. The zero-order valence-corrected chi connectivity index (χ0v) is 22.2. The van der Waals surface area contributed by atoms with Gasteiger partial charge in [0, 0.05) is 56.9 Å². The third-order valence-corrected chi connectivity index (χ3v) is 6.79. The van der Waals surface area contributed by atoms with Gasteiger partial charge in [-0.3, -0.25) is 14.1 Å². The van der Waals surface area contributed by atoms with Crippen molar-refractivity contribution in [2.24, 2.45) is 0 Å². The van der Waals surface area contributed by atoms with E-state index in [2.05, 4.69) is 31.9 Å². The number of fused-ring (bicyclic) bond motifs is 1. The summed E-state index contributed by atoms with van der Waals surface area (Å²) in [5, 5.41) is 5.40. The molecule has 3 amide bonds. The molecule has 2 fully saturated rings. The number of rotatable bonds is 8. The van der Waals surface area contributed by atoms with E-state index >= 15 is 8.78 Å². The second-order valence-electron chi connectivity index (χ2n) is 9.40. The molecule has 0 aliphatic carbocycles. The minimum absolute atomic E-state index is 0.00363. The summed E-state index contributed by atoms with van der Waals surface area (Å²) in [6.07, 6.45) is 3.01. The molecule has 0 spiro atoms. The van der Waals surface area contributed by atoms with Crippen molar-refractivity contribution < 1.29 is 32.6 Å². The molecule has 0 saturated carbocycles. The number of cyclic esters (lactones) is 1. The van der Waals surface area contributed by atoms with E-state index in [4.69, 9.17) is 4.74 Å². The first-order chi connectivity index (χ1) is 19.7. The van der Waals surface area contributed by atoms with Crippen LogP contribution in [0.4, 0.5) is 29.7 Å². The number of carbonyl (C=O) groups excluding carboxylic acids is 3. The number of nitrogens with one attached hydrogen (secondary N) is 2. The Bertz CT molecular complexity index is 1430. The lowest BCUT2D eigenvalue weighted by atomic mass is 10.2. The minimum Gasteiger partial charge on any atom is -0.453 e. The van der Waals surface area contributed by atoms with E-state index in [0.717, 1.165) is 17.0 Å². The van der Waals surface area contributed by atoms with E-state index in [1.165, 1.54) is 12.0 Å². The van der Waals surface area contributed by atoms with Crippen LogP contribution >= 0.6 is 0 Å². The van der Waals surface area contributed by atoms with Crippen LogP contribution in [0.2, 0.25) is 0 Å². The monoisotopic (exact) mass is 570 g/mol. The molecule has 2 aliphatic heterocycles. The highest BCUT2D eigenvalue weighted by molar-refractivity contribution is 5.90. The Hall–Kier alpha value is -4.95. The number of halogens is 2. The molecular formula is C26H28F2N8O5. The molecule has 13 nitrogen and oxygen atoms in total. The zero-order valence-electron chi connectivity index (χ0n) is 22.2. The highest BCUT2D eigenvalue weighted by Gasteiger charge is 2.34. The first-order valence-electron chi connectivity index (χ1n) is 12.8. The molecule has 2 aromatic heterocycles. The molecule has 3 aromatic rings. The van der Waals surface area contributed by atoms with Crippen molar-refractivity contribution >= 4 is 40.9 Å². The Balaban J connectivity index is 1.14. The van der Waals surface area contributed by atoms with Crippen LogP contribution in [0, 0.1) is 11.6 Å². The molecule has 1 atom stereocenters. The first kappa shape index (κ1) is 27.6. The lowest BCUT2D eigenvalue weighted by molar-refractivity contribution is -0.130. The maximum absolute atomic E-state index is 15.1. The smallest absolute Gasteiger partial charge is 0.414 e. The molecule has 5 rings (SSSR count). The molecule has 41 heavy (non-hydrogen) atoms. The third kappa shape index (κ3) is 5.97. The summed E-state index contributed by atoms with van der Waals surface area (Å²) in [6.45, 7) is 4.87. The minimum atomic E-state index is -0.844. The lowest BCUT2D eigenvalue weighted by Gasteiger charge is -2.36. The second-order valence-corrected chi connectivity index (χ2v) is 9.40. The molecule has 4 heterocycles. The summed E-state index contributed by atoms with van der Waals surface area (Å²) in [5.74, 6) is -1.36. The molecule has 0 bridgehead atoms. The molecule has 0 unspecified atom stereocenters. The van der Waals surface area contributed by atoms with Crippen molar-refractivity contribution in [3.05, 3.63) is 60.7 Å². The quantitative estimate of drug-likeness (QED) is 0.414. The molecule has 2 N–H and O–H groups in total. The van der Waals surface area contributed by atoms with Crippen LogP contribution in [0.15, 0.2) is 43.4 Å². The number of aromatic nitrogens is 3. The van der Waals surface area contributed by atoms with Gasteiger partial charge >= 0.3 is 12.2 Å². The van der Waals surface area contributed by atoms with Gasteiger partial charge in [0.25, 0.3) is 0 Å². The van der Waals surface area contributed by atoms with Crippen molar-refractivity contribution in [2.75, 3.05) is 62.7 Å². The van der Waals surface area contributed by atoms with Gasteiger partial charge < -0.3 is 29.9 Å². The zero-order chi connectivity index (χ0) is 29.1. The standard InChI is InChI=1S/C26H28F2N8O5/c1-16(21-15-35-5-3-4-29-24(35)32-21)30-13-22(37)33-6-8-34(9-7-33)23-19(27)10-17(11-20(23)28)36-14-18(41-26(36)39)12-31-25(38)40-2/h3-5,10-11,15,18,30H,1,6-9,12-14H2,2H3,(H,31,38)/t18-/m0/s1. The molecule has 2 saturated heterocycles. The van der Waals surface area contributed by atoms with Crippen LogP contribution in [-0.4, -0.2) is 96.4 Å². The van der Waals surface area contributed by atoms with Crippen LogP contribution in [0.1, 0.15) is 5.69 Å². The second kappa shape index (κ2) is 11.7. The number of hydrogen-bond donors (Lipinski definition) is 2. The molecule has 216 valence electrons. The van der Waals surface area contributed by atoms with Crippen LogP contribution in [0.25, 0.3) is 11.5 Å². The number of hydrogen-bond acceptors (Lipinski definition) is 9. The Morgan fingerprint density at radius 2 is 1.90 bits per heavy atom. The van der Waals surface area contributed by atoms with E-state index in [1.54, 1.807) is 34.0 Å². The van der Waals surface area contributed by atoms with E-state index < -0.39 is 29.9 Å². The number of carbonyl (C=O) groups is 3. The summed E-state index contributed by atoms with van der Waals surface area (Å²) >= 11 is 0. The van der Waals surface area contributed by atoms with Gasteiger partial charge in [-0.2, -0.15) is 0 Å². The van der Waals surface area contributed by atoms with Crippen molar-refractivity contribution in [1.82, 2.24) is 29.9 Å². The summed E-state index contributed by atoms with van der Waals surface area (Å²) in [4.78, 5) is 49.0. The van der Waals surface area contributed by atoms with Crippen molar-refractivity contribution in [3.63, 3.8) is 0 Å². The number of anilines is 2. The fourth-order valence-electron chi connectivity index (χ4n) is 4.66. The van der Waals surface area contributed by atoms with Crippen LogP contribution in [0.3, 0.4) is 0 Å². The Kier molecular flexibility index (Phi) is 7.85. The van der Waals surface area contributed by atoms with Gasteiger partial charge in [0.2, 0.25) is 11.7 Å². The maximum Gasteiger partial charge on any atom is 0.414 e. The summed E-state index contributed by atoms with van der Waals surface area (Å²) < 4.78 is 41.6. The summed E-state index contributed by atoms with van der Waals surface area (Å²) in [5.41, 5.74) is 0.797. The highest BCUT2D eigenvalue weighted by atomic mass is 19.1. The number of amides is 3. The van der Waals surface area contributed by atoms with Crippen molar-refractivity contribution in [1.29, 1.82) is 0 Å². The molecule has 0 radical (unpaired) electrons. The number of benzene rings is 1. The summed E-state index contributed by atoms with van der Waals surface area (Å²) in [6, 6.07) is 3.91. The van der Waals surface area contributed by atoms with Gasteiger partial charge in [0.1, 0.15) is 17.5 Å². The largest absolute Gasteiger partial charge is 0.453 e. The van der Waals surface area contributed by atoms with Gasteiger partial charge in [0.05, 0.1) is 38.1 Å². The summed E-state index contributed by atoms with van der Waals surface area (Å²) in [7, 11) is 1.20. The number of methoxy groups -OCH3 is 1. The SMILES string of the molecule is C=C(NCC(=O)N1CCN(c2c(F)cc(N3C[C@H](CNC(=O)OC)OC3=O)cc2F)CC1)c1cn2cccnc2n1. The van der Waals surface area contributed by atoms with E-state index in [9.17, 15) is 14.4 Å². The first-order valence-corrected chi connectivity index (χ1v) is 12.8. The van der Waals surface area contributed by atoms with E-state index in [-0.39, 0.29) is 63.1 Å². The average molecular weight is 571 g/mol. The highest BCUT2D eigenvalue weighted by Crippen LogP contribution is 2.31. The fraction of sp³-hybridized carbons (Fsp3) is 0.346. The van der Waals surface area contributed by atoms with Gasteiger partial charge in [-0.15, -0.1) is 0 Å². The predicted octanol–water partition coefficient (Wildman–Crippen LogP) is 1.60. The Labute approximate surface area is 233 Å². The molecule has 2 aliphatic rings. The van der Waals surface area contributed by atoms with Gasteiger partial charge in [-0.1, -0.05) is 6.58 Å². The van der Waals surface area contributed by atoms with Gasteiger partial charge in [-0.05, 0) is 6.07 Å². The van der Waals surface area contributed by atoms with Crippen molar-refractivity contribution in [2.45, 2.75) is 6.10 Å². The Morgan fingerprint density at radius 3 is 2.59 bits per heavy atom. The number of alkyl carbamates (subject to hydrolysis) is 1. The topological polar surface area (TPSA) is 134 Å². The van der Waals surface area contributed by atoms with E-state index in [1.807, 2.05) is 0 Å². The van der Waals surface area contributed by atoms with Gasteiger partial charge in [0.15, 0.2) is 11.6 Å². The van der Waals surface area contributed by atoms with Crippen LogP contribution in [0.5, 0.6) is 0 Å². The number of ether oxygens (including phenoxy) is 2. The predicted molar refractivity (Wildman–Crippen MR) is 143 cm³/mol. The van der Waals surface area contributed by atoms with Gasteiger partial charge in [-0.25, -0.2) is 28.3 Å². The van der Waals surface area contributed by atoms with Crippen LogP contribution < -0.4 is 20.4 Å². The maximum atomic E-state index is 15.1.